The van der Waals surface area contributed by atoms with Gasteiger partial charge in [0.05, 0.1) is 6.54 Å². The van der Waals surface area contributed by atoms with Crippen LogP contribution in [-0.4, -0.2) is 14.7 Å². The summed E-state index contributed by atoms with van der Waals surface area (Å²) < 4.78 is 7.06. The lowest BCUT2D eigenvalue weighted by atomic mass is 9.92. The van der Waals surface area contributed by atoms with Crippen LogP contribution in [0.2, 0.25) is 0 Å². The van der Waals surface area contributed by atoms with Crippen molar-refractivity contribution < 1.29 is 4.52 Å². The zero-order valence-electron chi connectivity index (χ0n) is 9.89. The maximum Gasteiger partial charge on any atom is 0.223 e. The summed E-state index contributed by atoms with van der Waals surface area (Å²) in [6.07, 6.45) is 7.66. The van der Waals surface area contributed by atoms with Gasteiger partial charge in [-0.05, 0) is 30.4 Å². The molecule has 2 aromatic heterocycles. The first-order chi connectivity index (χ1) is 8.22. The second-order valence-corrected chi connectivity index (χ2v) is 4.64. The van der Waals surface area contributed by atoms with Crippen LogP contribution in [-0.2, 0) is 13.0 Å². The van der Waals surface area contributed by atoms with Crippen LogP contribution >= 0.6 is 0 Å². The molecule has 0 aliphatic heterocycles. The van der Waals surface area contributed by atoms with Gasteiger partial charge >= 0.3 is 0 Å². The van der Waals surface area contributed by atoms with Gasteiger partial charge < -0.3 is 14.8 Å². The van der Waals surface area contributed by atoms with E-state index in [0.29, 0.717) is 18.3 Å². The number of nitrogens with zero attached hydrogens (tertiary/aromatic N) is 3. The van der Waals surface area contributed by atoms with Gasteiger partial charge in [-0.15, -0.1) is 0 Å². The van der Waals surface area contributed by atoms with Crippen LogP contribution in [0.25, 0.3) is 0 Å². The van der Waals surface area contributed by atoms with Crippen LogP contribution in [0.3, 0.4) is 0 Å². The first-order valence-corrected chi connectivity index (χ1v) is 5.95. The van der Waals surface area contributed by atoms with Crippen molar-refractivity contribution in [1.82, 2.24) is 14.7 Å². The summed E-state index contributed by atoms with van der Waals surface area (Å²) in [5, 5.41) is 3.90. The number of hydrogen-bond acceptors (Lipinski definition) is 4. The summed E-state index contributed by atoms with van der Waals surface area (Å²) in [4.78, 5) is 4.20. The van der Waals surface area contributed by atoms with E-state index >= 15 is 0 Å². The van der Waals surface area contributed by atoms with E-state index in [1.165, 1.54) is 17.5 Å². The van der Waals surface area contributed by atoms with Crippen LogP contribution in [0, 0.1) is 6.92 Å². The molecule has 0 bridgehead atoms. The number of rotatable bonds is 2. The largest absolute Gasteiger partial charge is 0.346 e. The lowest BCUT2D eigenvalue weighted by Crippen LogP contribution is -2.15. The fourth-order valence-electron chi connectivity index (χ4n) is 2.44. The van der Waals surface area contributed by atoms with E-state index in [1.807, 2.05) is 0 Å². The smallest absolute Gasteiger partial charge is 0.223 e. The summed E-state index contributed by atoms with van der Waals surface area (Å²) in [5.41, 5.74) is 8.73. The van der Waals surface area contributed by atoms with Crippen molar-refractivity contribution in [3.05, 3.63) is 35.2 Å². The standard InChI is InChI=1S/C12H16N4O/c1-8-14-12(15-17-8)7-16-5-9-3-2-4-11(13)10(9)6-16/h5-6,11H,2-4,7,13H2,1H3. The number of fused-ring (bicyclic) bond motifs is 1. The highest BCUT2D eigenvalue weighted by Gasteiger charge is 2.19. The van der Waals surface area contributed by atoms with E-state index in [1.54, 1.807) is 6.92 Å². The quantitative estimate of drug-likeness (QED) is 0.853. The Hall–Kier alpha value is -1.62. The molecule has 2 N–H and O–H groups in total. The van der Waals surface area contributed by atoms with Gasteiger partial charge in [0.2, 0.25) is 5.89 Å². The molecule has 0 radical (unpaired) electrons. The molecular weight excluding hydrogens is 216 g/mol. The van der Waals surface area contributed by atoms with Crippen molar-refractivity contribution in [1.29, 1.82) is 0 Å². The van der Waals surface area contributed by atoms with Crippen LogP contribution in [0.15, 0.2) is 16.9 Å². The van der Waals surface area contributed by atoms with Gasteiger partial charge in [-0.25, -0.2) is 0 Å². The Morgan fingerprint density at radius 1 is 1.53 bits per heavy atom. The van der Waals surface area contributed by atoms with Crippen molar-refractivity contribution in [2.75, 3.05) is 0 Å². The molecule has 0 saturated heterocycles. The second kappa shape index (κ2) is 4.00. The molecule has 3 rings (SSSR count). The van der Waals surface area contributed by atoms with Crippen LogP contribution < -0.4 is 5.73 Å². The molecule has 1 aliphatic carbocycles. The fourth-order valence-corrected chi connectivity index (χ4v) is 2.44. The Bertz CT molecular complexity index is 528. The molecule has 17 heavy (non-hydrogen) atoms. The van der Waals surface area contributed by atoms with Gasteiger partial charge in [0.15, 0.2) is 5.82 Å². The predicted octanol–water partition coefficient (Wildman–Crippen LogP) is 1.56. The first kappa shape index (κ1) is 10.5. The third-order valence-corrected chi connectivity index (χ3v) is 3.25. The van der Waals surface area contributed by atoms with E-state index in [2.05, 4.69) is 27.1 Å². The van der Waals surface area contributed by atoms with Gasteiger partial charge in [0, 0.05) is 25.4 Å². The molecule has 5 nitrogen and oxygen atoms in total. The maximum atomic E-state index is 6.09. The van der Waals surface area contributed by atoms with E-state index in [0.717, 1.165) is 12.8 Å². The second-order valence-electron chi connectivity index (χ2n) is 4.64. The van der Waals surface area contributed by atoms with Crippen LogP contribution in [0.4, 0.5) is 0 Å². The summed E-state index contributed by atoms with van der Waals surface area (Å²) in [7, 11) is 0. The molecule has 1 aliphatic rings. The molecule has 2 aromatic rings. The highest BCUT2D eigenvalue weighted by Crippen LogP contribution is 2.28. The molecule has 0 aromatic carbocycles. The third-order valence-electron chi connectivity index (χ3n) is 3.25. The fraction of sp³-hybridized carbons (Fsp3) is 0.500. The minimum absolute atomic E-state index is 0.187. The van der Waals surface area contributed by atoms with Crippen molar-refractivity contribution in [2.24, 2.45) is 5.73 Å². The third kappa shape index (κ3) is 1.98. The Morgan fingerprint density at radius 3 is 3.12 bits per heavy atom. The van der Waals surface area contributed by atoms with E-state index < -0.39 is 0 Å². The molecule has 0 spiro atoms. The normalized spacial score (nSPS) is 19.3. The molecule has 1 unspecified atom stereocenters. The van der Waals surface area contributed by atoms with E-state index in [-0.39, 0.29) is 6.04 Å². The van der Waals surface area contributed by atoms with Crippen molar-refractivity contribution in [3.8, 4) is 0 Å². The molecule has 0 amide bonds. The van der Waals surface area contributed by atoms with Crippen LogP contribution in [0.5, 0.6) is 0 Å². The number of nitrogens with two attached hydrogens (primary N) is 1. The van der Waals surface area contributed by atoms with Crippen molar-refractivity contribution in [3.63, 3.8) is 0 Å². The lowest BCUT2D eigenvalue weighted by molar-refractivity contribution is 0.386. The Morgan fingerprint density at radius 2 is 2.41 bits per heavy atom. The first-order valence-electron chi connectivity index (χ1n) is 5.95. The van der Waals surface area contributed by atoms with Gasteiger partial charge in [0.1, 0.15) is 0 Å². The van der Waals surface area contributed by atoms with Gasteiger partial charge in [0.25, 0.3) is 0 Å². The molecule has 0 saturated carbocycles. The highest BCUT2D eigenvalue weighted by molar-refractivity contribution is 5.30. The van der Waals surface area contributed by atoms with Gasteiger partial charge in [-0.3, -0.25) is 0 Å². The molecule has 0 fully saturated rings. The molecular formula is C12H16N4O. The van der Waals surface area contributed by atoms with Crippen molar-refractivity contribution in [2.45, 2.75) is 38.8 Å². The maximum absolute atomic E-state index is 6.09. The van der Waals surface area contributed by atoms with Gasteiger partial charge in [-0.2, -0.15) is 4.98 Å². The molecule has 2 heterocycles. The lowest BCUT2D eigenvalue weighted by Gasteiger charge is -2.17. The summed E-state index contributed by atoms with van der Waals surface area (Å²) in [6, 6.07) is 0.187. The zero-order valence-corrected chi connectivity index (χ0v) is 9.89. The average Bonchev–Trinajstić information content (AvgIpc) is 2.86. The Balaban J connectivity index is 1.85. The Kier molecular flexibility index (Phi) is 2.48. The zero-order chi connectivity index (χ0) is 11.8. The van der Waals surface area contributed by atoms with Crippen LogP contribution in [0.1, 0.15) is 41.7 Å². The highest BCUT2D eigenvalue weighted by atomic mass is 16.5. The van der Waals surface area contributed by atoms with Gasteiger partial charge in [-0.1, -0.05) is 5.16 Å². The van der Waals surface area contributed by atoms with Crippen molar-refractivity contribution >= 4 is 0 Å². The Labute approximate surface area is 99.6 Å². The summed E-state index contributed by atoms with van der Waals surface area (Å²) in [6.45, 7) is 2.45. The minimum atomic E-state index is 0.187. The van der Waals surface area contributed by atoms with E-state index in [9.17, 15) is 0 Å². The summed E-state index contributed by atoms with van der Waals surface area (Å²) >= 11 is 0. The monoisotopic (exact) mass is 232 g/mol. The van der Waals surface area contributed by atoms with E-state index in [4.69, 9.17) is 10.3 Å². The topological polar surface area (TPSA) is 69.9 Å². The summed E-state index contributed by atoms with van der Waals surface area (Å²) in [5.74, 6) is 1.32. The predicted molar refractivity (Wildman–Crippen MR) is 62.4 cm³/mol. The number of aromatic nitrogens is 3. The molecule has 90 valence electrons. The number of hydrogen-bond donors (Lipinski definition) is 1. The minimum Gasteiger partial charge on any atom is -0.346 e. The molecule has 1 atom stereocenters. The SMILES string of the molecule is Cc1nc(Cn2cc3c(c2)C(N)CCC3)no1. The number of aryl methyl sites for hydroxylation is 2. The average molecular weight is 232 g/mol. The molecule has 5 heteroatoms.